The number of aryl methyl sites for hydroxylation is 1. The molecule has 0 unspecified atom stereocenters. The molecule has 0 amide bonds. The van der Waals surface area contributed by atoms with Gasteiger partial charge in [-0.25, -0.2) is 9.97 Å². The van der Waals surface area contributed by atoms with E-state index in [1.807, 2.05) is 6.07 Å². The zero-order valence-corrected chi connectivity index (χ0v) is 7.25. The maximum absolute atomic E-state index is 8.42. The van der Waals surface area contributed by atoms with E-state index in [1.54, 1.807) is 6.33 Å². The minimum atomic E-state index is 0.309. The molecule has 0 fully saturated rings. The number of hydrogen-bond donors (Lipinski definition) is 1. The summed E-state index contributed by atoms with van der Waals surface area (Å²) in [6, 6.07) is 2.04. The highest BCUT2D eigenvalue weighted by Gasteiger charge is 2.16. The van der Waals surface area contributed by atoms with Gasteiger partial charge in [-0.2, -0.15) is 5.26 Å². The molecule has 4 heteroatoms. The molecule has 1 aromatic heterocycles. The van der Waals surface area contributed by atoms with Crippen LogP contribution in [0.4, 0.5) is 5.82 Å². The standard InChI is InChI=1S/C9H10N4/c10-4-5-11-9-7-2-1-3-8(7)12-6-13-9/h6H,1-3,5H2,(H,11,12,13). The van der Waals surface area contributed by atoms with Gasteiger partial charge >= 0.3 is 0 Å². The Labute approximate surface area is 76.6 Å². The Bertz CT molecular complexity index is 353. The molecule has 13 heavy (non-hydrogen) atoms. The Morgan fingerprint density at radius 2 is 2.38 bits per heavy atom. The van der Waals surface area contributed by atoms with Crippen LogP contribution in [0, 0.1) is 11.3 Å². The van der Waals surface area contributed by atoms with Crippen LogP contribution in [0.5, 0.6) is 0 Å². The molecular formula is C9H10N4. The van der Waals surface area contributed by atoms with E-state index < -0.39 is 0 Å². The van der Waals surface area contributed by atoms with Crippen molar-refractivity contribution in [2.24, 2.45) is 0 Å². The first-order valence-corrected chi connectivity index (χ1v) is 4.35. The van der Waals surface area contributed by atoms with Gasteiger partial charge < -0.3 is 5.32 Å². The van der Waals surface area contributed by atoms with Crippen LogP contribution in [0.3, 0.4) is 0 Å². The van der Waals surface area contributed by atoms with Gasteiger partial charge in [0.2, 0.25) is 0 Å². The highest BCUT2D eigenvalue weighted by Crippen LogP contribution is 2.24. The van der Waals surface area contributed by atoms with Crippen LogP contribution in [-0.2, 0) is 12.8 Å². The fourth-order valence-corrected chi connectivity index (χ4v) is 1.64. The molecule has 0 radical (unpaired) electrons. The second-order valence-electron chi connectivity index (χ2n) is 3.01. The molecule has 4 nitrogen and oxygen atoms in total. The maximum atomic E-state index is 8.42. The average Bonchev–Trinajstić information content (AvgIpc) is 2.62. The van der Waals surface area contributed by atoms with E-state index in [2.05, 4.69) is 15.3 Å². The van der Waals surface area contributed by atoms with E-state index in [0.717, 1.165) is 30.8 Å². The fourth-order valence-electron chi connectivity index (χ4n) is 1.64. The van der Waals surface area contributed by atoms with E-state index in [4.69, 9.17) is 5.26 Å². The predicted molar refractivity (Wildman–Crippen MR) is 48.2 cm³/mol. The Balaban J connectivity index is 2.26. The molecule has 1 heterocycles. The minimum absolute atomic E-state index is 0.309. The van der Waals surface area contributed by atoms with Crippen LogP contribution < -0.4 is 5.32 Å². The summed E-state index contributed by atoms with van der Waals surface area (Å²) in [5.41, 5.74) is 2.33. The van der Waals surface area contributed by atoms with Gasteiger partial charge in [0, 0.05) is 11.3 Å². The number of anilines is 1. The summed E-state index contributed by atoms with van der Waals surface area (Å²) >= 11 is 0. The van der Waals surface area contributed by atoms with Crippen molar-refractivity contribution in [1.29, 1.82) is 5.26 Å². The van der Waals surface area contributed by atoms with Crippen LogP contribution in [0.25, 0.3) is 0 Å². The van der Waals surface area contributed by atoms with Crippen LogP contribution in [0.15, 0.2) is 6.33 Å². The predicted octanol–water partition coefficient (Wildman–Crippen LogP) is 0.901. The fraction of sp³-hybridized carbons (Fsp3) is 0.444. The van der Waals surface area contributed by atoms with Crippen LogP contribution in [-0.4, -0.2) is 16.5 Å². The summed E-state index contributed by atoms with van der Waals surface area (Å²) in [5, 5.41) is 11.4. The number of nitrogens with zero attached hydrogens (tertiary/aromatic N) is 3. The van der Waals surface area contributed by atoms with Gasteiger partial charge in [-0.1, -0.05) is 0 Å². The van der Waals surface area contributed by atoms with Crippen molar-refractivity contribution in [3.8, 4) is 6.07 Å². The van der Waals surface area contributed by atoms with Gasteiger partial charge in [0.05, 0.1) is 6.07 Å². The van der Waals surface area contributed by atoms with Gasteiger partial charge in [0.1, 0.15) is 18.7 Å². The summed E-state index contributed by atoms with van der Waals surface area (Å²) in [7, 11) is 0. The van der Waals surface area contributed by atoms with Crippen LogP contribution >= 0.6 is 0 Å². The Morgan fingerprint density at radius 1 is 1.46 bits per heavy atom. The van der Waals surface area contributed by atoms with Gasteiger partial charge in [-0.15, -0.1) is 0 Å². The first kappa shape index (κ1) is 7.99. The number of rotatable bonds is 2. The minimum Gasteiger partial charge on any atom is -0.357 e. The van der Waals surface area contributed by atoms with Crippen molar-refractivity contribution in [1.82, 2.24) is 9.97 Å². The van der Waals surface area contributed by atoms with Gasteiger partial charge in [0.25, 0.3) is 0 Å². The summed E-state index contributed by atoms with van der Waals surface area (Å²) in [6.45, 7) is 0.309. The van der Waals surface area contributed by atoms with E-state index in [9.17, 15) is 0 Å². The van der Waals surface area contributed by atoms with E-state index in [0.29, 0.717) is 6.54 Å². The lowest BCUT2D eigenvalue weighted by Gasteiger charge is -2.05. The molecule has 1 N–H and O–H groups in total. The third-order valence-electron chi connectivity index (χ3n) is 2.21. The quantitative estimate of drug-likeness (QED) is 0.677. The summed E-state index contributed by atoms with van der Waals surface area (Å²) < 4.78 is 0. The molecular weight excluding hydrogens is 164 g/mol. The lowest BCUT2D eigenvalue weighted by molar-refractivity contribution is 0.899. The molecule has 0 saturated heterocycles. The second-order valence-corrected chi connectivity index (χ2v) is 3.01. The molecule has 1 aromatic rings. The first-order chi connectivity index (χ1) is 6.42. The van der Waals surface area contributed by atoms with E-state index in [-0.39, 0.29) is 0 Å². The van der Waals surface area contributed by atoms with Crippen molar-refractivity contribution in [3.63, 3.8) is 0 Å². The largest absolute Gasteiger partial charge is 0.357 e. The third-order valence-corrected chi connectivity index (χ3v) is 2.21. The van der Waals surface area contributed by atoms with Crippen molar-refractivity contribution in [3.05, 3.63) is 17.6 Å². The Morgan fingerprint density at radius 3 is 3.23 bits per heavy atom. The molecule has 0 aromatic carbocycles. The van der Waals surface area contributed by atoms with Crippen LogP contribution in [0.2, 0.25) is 0 Å². The lowest BCUT2D eigenvalue weighted by atomic mass is 10.2. The molecule has 0 bridgehead atoms. The monoisotopic (exact) mass is 174 g/mol. The van der Waals surface area contributed by atoms with Crippen LogP contribution in [0.1, 0.15) is 17.7 Å². The highest BCUT2D eigenvalue weighted by molar-refractivity contribution is 5.48. The summed E-state index contributed by atoms with van der Waals surface area (Å²) in [4.78, 5) is 8.31. The highest BCUT2D eigenvalue weighted by atomic mass is 15.0. The van der Waals surface area contributed by atoms with Gasteiger partial charge in [-0.05, 0) is 19.3 Å². The average molecular weight is 174 g/mol. The normalized spacial score (nSPS) is 13.5. The van der Waals surface area contributed by atoms with Gasteiger partial charge in [0.15, 0.2) is 0 Å². The number of aromatic nitrogens is 2. The van der Waals surface area contributed by atoms with Crippen molar-refractivity contribution < 1.29 is 0 Å². The molecule has 1 aliphatic carbocycles. The molecule has 0 spiro atoms. The molecule has 0 saturated carbocycles. The zero-order valence-electron chi connectivity index (χ0n) is 7.25. The zero-order chi connectivity index (χ0) is 9.10. The molecule has 0 aliphatic heterocycles. The molecule has 66 valence electrons. The number of hydrogen-bond acceptors (Lipinski definition) is 4. The van der Waals surface area contributed by atoms with E-state index >= 15 is 0 Å². The van der Waals surface area contributed by atoms with E-state index in [1.165, 1.54) is 5.56 Å². The number of nitriles is 1. The lowest BCUT2D eigenvalue weighted by Crippen LogP contribution is -2.05. The summed E-state index contributed by atoms with van der Waals surface area (Å²) in [5.74, 6) is 0.837. The summed E-state index contributed by atoms with van der Waals surface area (Å²) in [6.07, 6.45) is 4.78. The first-order valence-electron chi connectivity index (χ1n) is 4.35. The SMILES string of the molecule is N#CCNc1ncnc2c1CCC2. The van der Waals surface area contributed by atoms with Crippen molar-refractivity contribution >= 4 is 5.82 Å². The Hall–Kier alpha value is -1.63. The van der Waals surface area contributed by atoms with Gasteiger partial charge in [-0.3, -0.25) is 0 Å². The molecule has 0 atom stereocenters. The van der Waals surface area contributed by atoms with Crippen molar-refractivity contribution in [2.75, 3.05) is 11.9 Å². The third kappa shape index (κ3) is 1.45. The second kappa shape index (κ2) is 3.40. The topological polar surface area (TPSA) is 61.6 Å². The Kier molecular flexibility index (Phi) is 2.09. The maximum Gasteiger partial charge on any atom is 0.133 e. The van der Waals surface area contributed by atoms with Crippen molar-refractivity contribution in [2.45, 2.75) is 19.3 Å². The number of nitrogens with one attached hydrogen (secondary N) is 1. The smallest absolute Gasteiger partial charge is 0.133 e. The number of fused-ring (bicyclic) bond motifs is 1. The molecule has 1 aliphatic rings. The molecule has 2 rings (SSSR count).